The van der Waals surface area contributed by atoms with Gasteiger partial charge in [0.2, 0.25) is 0 Å². The molecule has 1 aliphatic carbocycles. The van der Waals surface area contributed by atoms with Crippen LogP contribution in [0.15, 0.2) is 12.2 Å². The lowest BCUT2D eigenvalue weighted by Gasteiger charge is -2.32. The van der Waals surface area contributed by atoms with Gasteiger partial charge in [-0.1, -0.05) is 6.08 Å². The third-order valence-corrected chi connectivity index (χ3v) is 2.37. The highest BCUT2D eigenvalue weighted by atomic mass is 16.5. The molecule has 0 saturated heterocycles. The molecule has 1 rings (SSSR count). The largest absolute Gasteiger partial charge is 0.457 e. The highest BCUT2D eigenvalue weighted by Crippen LogP contribution is 2.32. The standard InChI is InChI=1S/C10H14O3/c1-8(12)13-9-5-3-4-6-10(9,2)7-11/h3,5,7,9H,4,6H2,1-2H3/t9-,10-/m1/s1. The molecule has 3 nitrogen and oxygen atoms in total. The number of allylic oxidation sites excluding steroid dienone is 1. The van der Waals surface area contributed by atoms with Crippen LogP contribution in [-0.4, -0.2) is 18.4 Å². The van der Waals surface area contributed by atoms with E-state index in [1.54, 1.807) is 6.08 Å². The second-order valence-electron chi connectivity index (χ2n) is 3.62. The molecule has 0 unspecified atom stereocenters. The Balaban J connectivity index is 2.77. The molecule has 0 spiro atoms. The Morgan fingerprint density at radius 2 is 2.38 bits per heavy atom. The maximum atomic E-state index is 10.8. The molecule has 0 fully saturated rings. The van der Waals surface area contributed by atoms with Gasteiger partial charge >= 0.3 is 5.97 Å². The first-order chi connectivity index (χ1) is 6.08. The number of esters is 1. The van der Waals surface area contributed by atoms with Crippen molar-refractivity contribution in [3.63, 3.8) is 0 Å². The second-order valence-corrected chi connectivity index (χ2v) is 3.62. The first-order valence-corrected chi connectivity index (χ1v) is 4.39. The molecule has 0 radical (unpaired) electrons. The van der Waals surface area contributed by atoms with Crippen molar-refractivity contribution in [1.29, 1.82) is 0 Å². The van der Waals surface area contributed by atoms with Crippen LogP contribution in [0.5, 0.6) is 0 Å². The lowest BCUT2D eigenvalue weighted by Crippen LogP contribution is -2.37. The van der Waals surface area contributed by atoms with E-state index >= 15 is 0 Å². The summed E-state index contributed by atoms with van der Waals surface area (Å²) in [6, 6.07) is 0. The Kier molecular flexibility index (Phi) is 2.86. The van der Waals surface area contributed by atoms with Crippen LogP contribution in [0.25, 0.3) is 0 Å². The quantitative estimate of drug-likeness (QED) is 0.369. The second kappa shape index (κ2) is 3.73. The predicted octanol–water partition coefficient (Wildman–Crippen LogP) is 1.47. The molecule has 1 aliphatic rings. The SMILES string of the molecule is CC(=O)O[C@@H]1C=CCC[C@]1(C)C=O. The van der Waals surface area contributed by atoms with Gasteiger partial charge in [-0.15, -0.1) is 0 Å². The molecule has 3 heteroatoms. The molecule has 0 N–H and O–H groups in total. The van der Waals surface area contributed by atoms with Gasteiger partial charge in [-0.25, -0.2) is 0 Å². The molecule has 0 bridgehead atoms. The molecule has 0 aromatic rings. The minimum absolute atomic E-state index is 0.343. The lowest BCUT2D eigenvalue weighted by atomic mass is 9.78. The Hall–Kier alpha value is -1.12. The van der Waals surface area contributed by atoms with Gasteiger partial charge in [-0.05, 0) is 25.8 Å². The number of carbonyl (C=O) groups excluding carboxylic acids is 2. The van der Waals surface area contributed by atoms with Crippen LogP contribution < -0.4 is 0 Å². The van der Waals surface area contributed by atoms with E-state index in [-0.39, 0.29) is 5.97 Å². The molecule has 0 aromatic heterocycles. The summed E-state index contributed by atoms with van der Waals surface area (Å²) < 4.78 is 5.04. The van der Waals surface area contributed by atoms with E-state index in [0.717, 1.165) is 19.1 Å². The van der Waals surface area contributed by atoms with Gasteiger partial charge in [0, 0.05) is 6.92 Å². The average Bonchev–Trinajstić information content (AvgIpc) is 2.09. The molecule has 0 saturated carbocycles. The fraction of sp³-hybridized carbons (Fsp3) is 0.600. The minimum Gasteiger partial charge on any atom is -0.457 e. The molecule has 0 heterocycles. The minimum atomic E-state index is -0.541. The van der Waals surface area contributed by atoms with E-state index in [0.29, 0.717) is 0 Å². The third kappa shape index (κ3) is 2.17. The van der Waals surface area contributed by atoms with Gasteiger partial charge in [0.05, 0.1) is 5.41 Å². The van der Waals surface area contributed by atoms with Crippen molar-refractivity contribution in [2.24, 2.45) is 5.41 Å². The predicted molar refractivity (Wildman–Crippen MR) is 48.1 cm³/mol. The monoisotopic (exact) mass is 182 g/mol. The summed E-state index contributed by atoms with van der Waals surface area (Å²) >= 11 is 0. The third-order valence-electron chi connectivity index (χ3n) is 2.37. The van der Waals surface area contributed by atoms with E-state index in [1.807, 2.05) is 13.0 Å². The molecular weight excluding hydrogens is 168 g/mol. The van der Waals surface area contributed by atoms with E-state index in [2.05, 4.69) is 0 Å². The average molecular weight is 182 g/mol. The lowest BCUT2D eigenvalue weighted by molar-refractivity contribution is -0.151. The van der Waals surface area contributed by atoms with Gasteiger partial charge < -0.3 is 9.53 Å². The van der Waals surface area contributed by atoms with E-state index < -0.39 is 11.5 Å². The number of aldehydes is 1. The van der Waals surface area contributed by atoms with Crippen molar-refractivity contribution in [3.8, 4) is 0 Å². The summed E-state index contributed by atoms with van der Waals surface area (Å²) in [5.41, 5.74) is -0.541. The Labute approximate surface area is 77.8 Å². The van der Waals surface area contributed by atoms with Crippen LogP contribution in [0.3, 0.4) is 0 Å². The van der Waals surface area contributed by atoms with Crippen LogP contribution in [0.2, 0.25) is 0 Å². The molecule has 0 amide bonds. The molecule has 72 valence electrons. The van der Waals surface area contributed by atoms with Crippen molar-refractivity contribution < 1.29 is 14.3 Å². The summed E-state index contributed by atoms with van der Waals surface area (Å²) in [5, 5.41) is 0. The molecule has 2 atom stereocenters. The number of carbonyl (C=O) groups is 2. The Morgan fingerprint density at radius 3 is 2.92 bits per heavy atom. The van der Waals surface area contributed by atoms with Crippen molar-refractivity contribution in [2.45, 2.75) is 32.8 Å². The molecule has 0 aliphatic heterocycles. The summed E-state index contributed by atoms with van der Waals surface area (Å²) in [7, 11) is 0. The van der Waals surface area contributed by atoms with Crippen LogP contribution in [0.4, 0.5) is 0 Å². The molecule has 0 aromatic carbocycles. The van der Waals surface area contributed by atoms with Crippen LogP contribution >= 0.6 is 0 Å². The maximum Gasteiger partial charge on any atom is 0.303 e. The van der Waals surface area contributed by atoms with Crippen LogP contribution in [0, 0.1) is 5.41 Å². The van der Waals surface area contributed by atoms with Gasteiger partial charge in [-0.2, -0.15) is 0 Å². The first kappa shape index (κ1) is 9.96. The number of rotatable bonds is 2. The zero-order valence-electron chi connectivity index (χ0n) is 7.95. The number of hydrogen-bond donors (Lipinski definition) is 0. The Bertz CT molecular complexity index is 245. The Morgan fingerprint density at radius 1 is 1.69 bits per heavy atom. The molecule has 13 heavy (non-hydrogen) atoms. The van der Waals surface area contributed by atoms with Crippen molar-refractivity contribution in [3.05, 3.63) is 12.2 Å². The fourth-order valence-electron chi connectivity index (χ4n) is 1.45. The van der Waals surface area contributed by atoms with Gasteiger partial charge in [0.25, 0.3) is 0 Å². The van der Waals surface area contributed by atoms with E-state index in [1.165, 1.54) is 6.92 Å². The van der Waals surface area contributed by atoms with Gasteiger partial charge in [0.1, 0.15) is 12.4 Å². The van der Waals surface area contributed by atoms with Crippen molar-refractivity contribution >= 4 is 12.3 Å². The summed E-state index contributed by atoms with van der Waals surface area (Å²) in [6.45, 7) is 3.17. The normalized spacial score (nSPS) is 32.6. The molecular formula is C10H14O3. The number of hydrogen-bond acceptors (Lipinski definition) is 3. The topological polar surface area (TPSA) is 43.4 Å². The summed E-state index contributed by atoms with van der Waals surface area (Å²) in [4.78, 5) is 21.6. The van der Waals surface area contributed by atoms with Crippen LogP contribution in [0.1, 0.15) is 26.7 Å². The van der Waals surface area contributed by atoms with Crippen molar-refractivity contribution in [1.82, 2.24) is 0 Å². The van der Waals surface area contributed by atoms with E-state index in [9.17, 15) is 9.59 Å². The fourth-order valence-corrected chi connectivity index (χ4v) is 1.45. The number of ether oxygens (including phenoxy) is 1. The zero-order valence-corrected chi connectivity index (χ0v) is 7.95. The van der Waals surface area contributed by atoms with Crippen molar-refractivity contribution in [2.75, 3.05) is 0 Å². The first-order valence-electron chi connectivity index (χ1n) is 4.39. The highest BCUT2D eigenvalue weighted by Gasteiger charge is 2.36. The zero-order chi connectivity index (χ0) is 9.90. The van der Waals surface area contributed by atoms with Gasteiger partial charge in [0.15, 0.2) is 0 Å². The summed E-state index contributed by atoms with van der Waals surface area (Å²) in [5.74, 6) is -0.343. The highest BCUT2D eigenvalue weighted by molar-refractivity contribution is 5.68. The van der Waals surface area contributed by atoms with Gasteiger partial charge in [-0.3, -0.25) is 4.79 Å². The summed E-state index contributed by atoms with van der Waals surface area (Å²) in [6.07, 6.45) is 5.83. The smallest absolute Gasteiger partial charge is 0.303 e. The van der Waals surface area contributed by atoms with E-state index in [4.69, 9.17) is 4.74 Å². The van der Waals surface area contributed by atoms with Crippen LogP contribution in [-0.2, 0) is 14.3 Å². The maximum absolute atomic E-state index is 10.8.